The van der Waals surface area contributed by atoms with Crippen LogP contribution in [0.15, 0.2) is 78.9 Å². The van der Waals surface area contributed by atoms with Gasteiger partial charge in [0.2, 0.25) is 0 Å². The highest BCUT2D eigenvalue weighted by atomic mass is 16.7. The lowest BCUT2D eigenvalue weighted by Gasteiger charge is -2.22. The van der Waals surface area contributed by atoms with Crippen LogP contribution in [0.4, 0.5) is 0 Å². The molecule has 1 heterocycles. The molecule has 4 heteroatoms. The molecule has 0 bridgehead atoms. The van der Waals surface area contributed by atoms with Gasteiger partial charge in [0.15, 0.2) is 6.29 Å². The highest BCUT2D eigenvalue weighted by Crippen LogP contribution is 2.31. The molecule has 4 nitrogen and oxygen atoms in total. The lowest BCUT2D eigenvalue weighted by molar-refractivity contribution is -0.165. The van der Waals surface area contributed by atoms with E-state index in [1.165, 1.54) is 46.7 Å². The molecule has 0 aromatic heterocycles. The van der Waals surface area contributed by atoms with Gasteiger partial charge in [0.05, 0.1) is 6.61 Å². The number of hydrogen-bond donors (Lipinski definition) is 1. The van der Waals surface area contributed by atoms with Crippen molar-refractivity contribution >= 4 is 10.8 Å². The smallest absolute Gasteiger partial charge is 0.157 e. The number of unbranched alkanes of at least 4 members (excludes halogenated alkanes) is 2. The zero-order valence-corrected chi connectivity index (χ0v) is 23.7. The molecule has 1 aliphatic heterocycles. The van der Waals surface area contributed by atoms with E-state index in [9.17, 15) is 5.11 Å². The molecule has 1 saturated heterocycles. The first-order valence-corrected chi connectivity index (χ1v) is 15.0. The van der Waals surface area contributed by atoms with Crippen LogP contribution in [0.5, 0.6) is 5.75 Å². The van der Waals surface area contributed by atoms with E-state index in [1.807, 2.05) is 6.07 Å². The Morgan fingerprint density at radius 2 is 1.45 bits per heavy atom. The van der Waals surface area contributed by atoms with E-state index in [0.29, 0.717) is 19.6 Å². The highest BCUT2D eigenvalue weighted by molar-refractivity contribution is 5.91. The van der Waals surface area contributed by atoms with Gasteiger partial charge in [-0.3, -0.25) is 0 Å². The van der Waals surface area contributed by atoms with Crippen LogP contribution in [-0.2, 0) is 22.3 Å². The molecule has 40 heavy (non-hydrogen) atoms. The van der Waals surface area contributed by atoms with Crippen molar-refractivity contribution in [1.82, 2.24) is 0 Å². The number of aryl methyl sites for hydroxylation is 1. The number of hydrogen-bond acceptors (Lipinski definition) is 4. The van der Waals surface area contributed by atoms with Crippen LogP contribution in [0.1, 0.15) is 56.6 Å². The molecule has 0 amide bonds. The molecule has 1 unspecified atom stereocenters. The van der Waals surface area contributed by atoms with Gasteiger partial charge in [-0.1, -0.05) is 74.4 Å². The Bertz CT molecular complexity index is 1360. The molecule has 0 saturated carbocycles. The number of ether oxygens (including phenoxy) is 3. The maximum Gasteiger partial charge on any atom is 0.157 e. The van der Waals surface area contributed by atoms with Crippen molar-refractivity contribution in [1.29, 1.82) is 0 Å². The average molecular weight is 539 g/mol. The van der Waals surface area contributed by atoms with Gasteiger partial charge in [-0.2, -0.15) is 0 Å². The van der Waals surface area contributed by atoms with Crippen LogP contribution >= 0.6 is 0 Å². The summed E-state index contributed by atoms with van der Waals surface area (Å²) in [5.74, 6) is 0.799. The number of rotatable bonds is 13. The van der Waals surface area contributed by atoms with E-state index >= 15 is 0 Å². The van der Waals surface area contributed by atoms with E-state index < -0.39 is 0 Å². The topological polar surface area (TPSA) is 47.9 Å². The number of aliphatic hydroxyl groups is 1. The number of fused-ring (bicyclic) bond motifs is 1. The molecule has 1 atom stereocenters. The minimum Gasteiger partial charge on any atom is -0.491 e. The monoisotopic (exact) mass is 538 g/mol. The first-order valence-electron chi connectivity index (χ1n) is 15.0. The van der Waals surface area contributed by atoms with Gasteiger partial charge in [0, 0.05) is 13.2 Å². The minimum absolute atomic E-state index is 0.0758. The van der Waals surface area contributed by atoms with Crippen molar-refractivity contribution in [2.24, 2.45) is 0 Å². The molecular formula is C36H42O4. The van der Waals surface area contributed by atoms with Crippen LogP contribution in [-0.4, -0.2) is 37.8 Å². The zero-order valence-electron chi connectivity index (χ0n) is 23.7. The third-order valence-corrected chi connectivity index (χ3v) is 7.75. The highest BCUT2D eigenvalue weighted by Gasteiger charge is 2.14. The predicted molar refractivity (Wildman–Crippen MR) is 164 cm³/mol. The Morgan fingerprint density at radius 1 is 0.750 bits per heavy atom. The van der Waals surface area contributed by atoms with Crippen molar-refractivity contribution < 1.29 is 19.3 Å². The van der Waals surface area contributed by atoms with E-state index in [2.05, 4.69) is 79.7 Å². The summed E-state index contributed by atoms with van der Waals surface area (Å²) in [5, 5.41) is 12.1. The van der Waals surface area contributed by atoms with Gasteiger partial charge in [0.25, 0.3) is 0 Å². The quantitative estimate of drug-likeness (QED) is 0.174. The third-order valence-electron chi connectivity index (χ3n) is 7.75. The lowest BCUT2D eigenvalue weighted by Crippen LogP contribution is -2.24. The van der Waals surface area contributed by atoms with Gasteiger partial charge in [-0.05, 0) is 107 Å². The van der Waals surface area contributed by atoms with Gasteiger partial charge in [-0.15, -0.1) is 0 Å². The number of aliphatic hydroxyl groups excluding tert-OH is 1. The Kier molecular flexibility index (Phi) is 10.2. The summed E-state index contributed by atoms with van der Waals surface area (Å²) in [6.07, 6.45) is 8.61. The van der Waals surface area contributed by atoms with Gasteiger partial charge < -0.3 is 19.3 Å². The van der Waals surface area contributed by atoms with Crippen LogP contribution in [0, 0.1) is 0 Å². The fourth-order valence-corrected chi connectivity index (χ4v) is 5.44. The van der Waals surface area contributed by atoms with Crippen molar-refractivity contribution in [3.05, 3.63) is 90.0 Å². The molecule has 0 radical (unpaired) electrons. The van der Waals surface area contributed by atoms with E-state index in [0.717, 1.165) is 54.7 Å². The Balaban J connectivity index is 1.26. The van der Waals surface area contributed by atoms with E-state index in [4.69, 9.17) is 14.2 Å². The molecule has 1 aliphatic rings. The van der Waals surface area contributed by atoms with E-state index in [-0.39, 0.29) is 12.9 Å². The first-order chi connectivity index (χ1) is 19.7. The third kappa shape index (κ3) is 7.51. The molecule has 0 aliphatic carbocycles. The lowest BCUT2D eigenvalue weighted by atomic mass is 9.96. The van der Waals surface area contributed by atoms with Crippen molar-refractivity contribution in [2.45, 2.75) is 64.6 Å². The first kappa shape index (κ1) is 28.4. The fraction of sp³-hybridized carbons (Fsp3) is 0.389. The summed E-state index contributed by atoms with van der Waals surface area (Å²) in [6, 6.07) is 28.6. The second-order valence-corrected chi connectivity index (χ2v) is 10.7. The normalized spacial score (nSPS) is 15.4. The van der Waals surface area contributed by atoms with Gasteiger partial charge in [-0.25, -0.2) is 0 Å². The molecule has 5 rings (SSSR count). The van der Waals surface area contributed by atoms with Crippen molar-refractivity contribution in [3.63, 3.8) is 0 Å². The molecule has 0 spiro atoms. The Hall–Kier alpha value is -3.18. The minimum atomic E-state index is -0.110. The zero-order chi connectivity index (χ0) is 27.6. The largest absolute Gasteiger partial charge is 0.491 e. The summed E-state index contributed by atoms with van der Waals surface area (Å²) < 4.78 is 17.5. The Labute approximate surface area is 238 Å². The van der Waals surface area contributed by atoms with Crippen molar-refractivity contribution in [2.75, 3.05) is 26.4 Å². The number of benzene rings is 4. The molecule has 4 aromatic carbocycles. The summed E-state index contributed by atoms with van der Waals surface area (Å²) in [7, 11) is 0. The molecule has 210 valence electrons. The Morgan fingerprint density at radius 3 is 2.15 bits per heavy atom. The summed E-state index contributed by atoms with van der Waals surface area (Å²) in [5.41, 5.74) is 7.19. The van der Waals surface area contributed by atoms with E-state index in [1.54, 1.807) is 0 Å². The van der Waals surface area contributed by atoms with Gasteiger partial charge >= 0.3 is 0 Å². The van der Waals surface area contributed by atoms with Crippen LogP contribution < -0.4 is 4.74 Å². The predicted octanol–water partition coefficient (Wildman–Crippen LogP) is 8.36. The summed E-state index contributed by atoms with van der Waals surface area (Å²) >= 11 is 0. The van der Waals surface area contributed by atoms with Crippen LogP contribution in [0.3, 0.4) is 0 Å². The molecule has 4 aromatic rings. The maximum absolute atomic E-state index is 9.68. The summed E-state index contributed by atoms with van der Waals surface area (Å²) in [6.45, 7) is 4.04. The van der Waals surface area contributed by atoms with Crippen molar-refractivity contribution in [3.8, 4) is 28.0 Å². The summed E-state index contributed by atoms with van der Waals surface area (Å²) in [4.78, 5) is 0. The fourth-order valence-electron chi connectivity index (χ4n) is 5.44. The van der Waals surface area contributed by atoms with Gasteiger partial charge in [0.1, 0.15) is 12.4 Å². The molecule has 1 fully saturated rings. The second-order valence-electron chi connectivity index (χ2n) is 10.7. The second kappa shape index (κ2) is 14.5. The average Bonchev–Trinajstić information content (AvgIpc) is 3.00. The standard InChI is InChI=1S/C36H42O4/c1-2-3-4-7-27-9-11-28(12-10-27)29-13-14-31-25-32(16-15-30(31)24-29)33-17-18-35(34(26-33)19-20-37)38-22-23-40-36-8-5-6-21-39-36/h9-18,24-26,36-37H,2-8,19-23H2,1H3. The molecule has 1 N–H and O–H groups in total. The maximum atomic E-state index is 9.68. The van der Waals surface area contributed by atoms with Crippen LogP contribution in [0.25, 0.3) is 33.0 Å². The SMILES string of the molecule is CCCCCc1ccc(-c2ccc3cc(-c4ccc(OCCOC5CCCCO5)c(CCO)c4)ccc3c2)cc1. The van der Waals surface area contributed by atoms with Crippen LogP contribution in [0.2, 0.25) is 0 Å². The molecular weight excluding hydrogens is 496 g/mol.